The molecule has 0 saturated carbocycles. The molecule has 0 aliphatic carbocycles. The zero-order valence-corrected chi connectivity index (χ0v) is 20.9. The quantitative estimate of drug-likeness (QED) is 0.204. The van der Waals surface area contributed by atoms with Gasteiger partial charge in [0.05, 0.1) is 0 Å². The maximum absolute atomic E-state index is 12.3. The molecule has 172 valence electrons. The van der Waals surface area contributed by atoms with E-state index in [2.05, 4.69) is 40.0 Å². The molecule has 1 N–H and O–H groups in total. The monoisotopic (exact) mass is 434 g/mol. The summed E-state index contributed by atoms with van der Waals surface area (Å²) in [5, 5.41) is 11.3. The molecule has 0 fully saturated rings. The molecule has 2 aromatic carbocycles. The largest absolute Gasteiger partial charge is 0.507 e. The smallest absolute Gasteiger partial charge is 0.335 e. The lowest BCUT2D eigenvalue weighted by atomic mass is 9.77. The minimum absolute atomic E-state index is 0.193. The number of carbonyl (C=O) groups is 1. The summed E-state index contributed by atoms with van der Waals surface area (Å²) in [7, 11) is 0. The SMILES string of the molecule is C=CC(=O)Oc1c(C(C)c2cc(C)cc(C(C)(C)C=C)c2O)cc(C)cc1C(C)(C)CC. The fourth-order valence-electron chi connectivity index (χ4n) is 3.98. The van der Waals surface area contributed by atoms with Gasteiger partial charge < -0.3 is 9.84 Å². The molecule has 0 heterocycles. The molecule has 0 aliphatic heterocycles. The highest BCUT2D eigenvalue weighted by Crippen LogP contribution is 2.45. The second kappa shape index (κ2) is 9.36. The zero-order chi connectivity index (χ0) is 24.4. The number of carbonyl (C=O) groups excluding carboxylic acids is 1. The van der Waals surface area contributed by atoms with E-state index in [0.29, 0.717) is 5.75 Å². The maximum atomic E-state index is 12.3. The van der Waals surface area contributed by atoms with Crippen molar-refractivity contribution in [2.75, 3.05) is 0 Å². The molecule has 2 rings (SSSR count). The third kappa shape index (κ3) is 4.98. The van der Waals surface area contributed by atoms with Crippen molar-refractivity contribution < 1.29 is 14.6 Å². The maximum Gasteiger partial charge on any atom is 0.335 e. The normalized spacial score (nSPS) is 12.9. The van der Waals surface area contributed by atoms with E-state index in [4.69, 9.17) is 4.74 Å². The standard InChI is InChI=1S/C29H38O3/c1-11-25(30)32-27-22(15-19(5)17-24(27)29(9,10)13-3)20(6)21-14-18(4)16-23(26(21)31)28(7,8)12-2/h11-12,14-17,20,31H,1-2,13H2,3-10H3. The van der Waals surface area contributed by atoms with E-state index >= 15 is 0 Å². The van der Waals surface area contributed by atoms with Gasteiger partial charge in [0, 0.05) is 39.7 Å². The Bertz CT molecular complexity index is 1040. The first-order valence-corrected chi connectivity index (χ1v) is 11.3. The molecule has 0 aliphatic rings. The Hall–Kier alpha value is -2.81. The third-order valence-corrected chi connectivity index (χ3v) is 6.67. The highest BCUT2D eigenvalue weighted by Gasteiger charge is 2.30. The zero-order valence-electron chi connectivity index (χ0n) is 20.9. The van der Waals surface area contributed by atoms with Crippen molar-refractivity contribution in [3.8, 4) is 11.5 Å². The van der Waals surface area contributed by atoms with Crippen LogP contribution in [0, 0.1) is 13.8 Å². The van der Waals surface area contributed by atoms with Crippen molar-refractivity contribution in [2.24, 2.45) is 0 Å². The molecule has 0 aromatic heterocycles. The van der Waals surface area contributed by atoms with Gasteiger partial charge in [0.25, 0.3) is 0 Å². The molecule has 0 saturated heterocycles. The number of benzene rings is 2. The van der Waals surface area contributed by atoms with Crippen LogP contribution in [0.3, 0.4) is 0 Å². The number of aromatic hydroxyl groups is 1. The minimum Gasteiger partial charge on any atom is -0.507 e. The lowest BCUT2D eigenvalue weighted by molar-refractivity contribution is -0.129. The molecule has 0 bridgehead atoms. The van der Waals surface area contributed by atoms with Gasteiger partial charge >= 0.3 is 5.97 Å². The first-order chi connectivity index (χ1) is 14.8. The summed E-state index contributed by atoms with van der Waals surface area (Å²) in [6.07, 6.45) is 3.92. The number of phenols is 1. The Kier molecular flexibility index (Phi) is 7.44. The lowest BCUT2D eigenvalue weighted by Crippen LogP contribution is -2.20. The van der Waals surface area contributed by atoms with Crippen molar-refractivity contribution in [3.63, 3.8) is 0 Å². The van der Waals surface area contributed by atoms with Gasteiger partial charge in [0.1, 0.15) is 11.5 Å². The van der Waals surface area contributed by atoms with Crippen LogP contribution >= 0.6 is 0 Å². The van der Waals surface area contributed by atoms with Crippen molar-refractivity contribution in [3.05, 3.63) is 83.0 Å². The first kappa shape index (κ1) is 25.5. The molecular weight excluding hydrogens is 396 g/mol. The molecule has 32 heavy (non-hydrogen) atoms. The van der Waals surface area contributed by atoms with Crippen LogP contribution in [-0.2, 0) is 15.6 Å². The Labute approximate surface area is 193 Å². The molecule has 1 unspecified atom stereocenters. The summed E-state index contributed by atoms with van der Waals surface area (Å²) in [5.74, 6) is 0.127. The van der Waals surface area contributed by atoms with E-state index in [9.17, 15) is 9.90 Å². The van der Waals surface area contributed by atoms with Crippen LogP contribution in [0.15, 0.2) is 49.6 Å². The molecule has 3 nitrogen and oxygen atoms in total. The number of aryl methyl sites for hydroxylation is 2. The minimum atomic E-state index is -0.489. The summed E-state index contributed by atoms with van der Waals surface area (Å²) in [6, 6.07) is 8.15. The van der Waals surface area contributed by atoms with Crippen LogP contribution in [0.4, 0.5) is 0 Å². The molecule has 0 radical (unpaired) electrons. The highest BCUT2D eigenvalue weighted by molar-refractivity contribution is 5.84. The fourth-order valence-corrected chi connectivity index (χ4v) is 3.98. The molecule has 2 aromatic rings. The summed E-state index contributed by atoms with van der Waals surface area (Å²) < 4.78 is 5.85. The predicted molar refractivity (Wildman–Crippen MR) is 134 cm³/mol. The second-order valence-corrected chi connectivity index (χ2v) is 9.99. The van der Waals surface area contributed by atoms with E-state index in [1.165, 1.54) is 6.08 Å². The lowest BCUT2D eigenvalue weighted by Gasteiger charge is -2.30. The number of rotatable bonds is 8. The average molecular weight is 435 g/mol. The van der Waals surface area contributed by atoms with E-state index in [1.54, 1.807) is 0 Å². The summed E-state index contributed by atoms with van der Waals surface area (Å²) in [4.78, 5) is 12.3. The second-order valence-electron chi connectivity index (χ2n) is 9.99. The molecule has 0 spiro atoms. The summed E-state index contributed by atoms with van der Waals surface area (Å²) in [6.45, 7) is 24.1. The summed E-state index contributed by atoms with van der Waals surface area (Å²) in [5.41, 5.74) is 5.06. The third-order valence-electron chi connectivity index (χ3n) is 6.67. The van der Waals surface area contributed by atoms with Crippen LogP contribution < -0.4 is 4.74 Å². The van der Waals surface area contributed by atoms with E-state index in [1.807, 2.05) is 58.9 Å². The Morgan fingerprint density at radius 1 is 1.03 bits per heavy atom. The van der Waals surface area contributed by atoms with Crippen LogP contribution in [0.5, 0.6) is 11.5 Å². The van der Waals surface area contributed by atoms with Gasteiger partial charge in [0.15, 0.2) is 0 Å². The number of hydrogen-bond acceptors (Lipinski definition) is 3. The molecule has 0 amide bonds. The Morgan fingerprint density at radius 2 is 1.56 bits per heavy atom. The van der Waals surface area contributed by atoms with Crippen LogP contribution in [0.1, 0.15) is 87.3 Å². The van der Waals surface area contributed by atoms with Gasteiger partial charge in [-0.05, 0) is 25.7 Å². The van der Waals surface area contributed by atoms with Crippen molar-refractivity contribution in [1.82, 2.24) is 0 Å². The summed E-state index contributed by atoms with van der Waals surface area (Å²) >= 11 is 0. The van der Waals surface area contributed by atoms with E-state index in [0.717, 1.165) is 39.8 Å². The first-order valence-electron chi connectivity index (χ1n) is 11.3. The van der Waals surface area contributed by atoms with Gasteiger partial charge in [0.2, 0.25) is 0 Å². The molecular formula is C29H38O3. The van der Waals surface area contributed by atoms with Crippen molar-refractivity contribution >= 4 is 5.97 Å². The van der Waals surface area contributed by atoms with Crippen LogP contribution in [-0.4, -0.2) is 11.1 Å². The fraction of sp³-hybridized carbons (Fsp3) is 0.414. The predicted octanol–water partition coefficient (Wildman–Crippen LogP) is 7.40. The average Bonchev–Trinajstić information content (AvgIpc) is 2.74. The number of ether oxygens (including phenoxy) is 1. The Morgan fingerprint density at radius 3 is 2.06 bits per heavy atom. The van der Waals surface area contributed by atoms with Gasteiger partial charge in [-0.2, -0.15) is 0 Å². The van der Waals surface area contributed by atoms with Crippen molar-refractivity contribution in [1.29, 1.82) is 0 Å². The van der Waals surface area contributed by atoms with Gasteiger partial charge in [-0.3, -0.25) is 0 Å². The molecule has 1 atom stereocenters. The van der Waals surface area contributed by atoms with Gasteiger partial charge in [-0.25, -0.2) is 4.79 Å². The van der Waals surface area contributed by atoms with Crippen LogP contribution in [0.25, 0.3) is 0 Å². The number of hydrogen-bond donors (Lipinski definition) is 1. The Balaban J connectivity index is 2.84. The number of allylic oxidation sites excluding steroid dienone is 1. The molecule has 3 heteroatoms. The van der Waals surface area contributed by atoms with Gasteiger partial charge in [-0.1, -0.05) is 89.6 Å². The highest BCUT2D eigenvalue weighted by atomic mass is 16.5. The van der Waals surface area contributed by atoms with Crippen LogP contribution in [0.2, 0.25) is 0 Å². The van der Waals surface area contributed by atoms with Crippen molar-refractivity contribution in [2.45, 2.75) is 78.6 Å². The van der Waals surface area contributed by atoms with E-state index in [-0.39, 0.29) is 22.5 Å². The number of esters is 1. The topological polar surface area (TPSA) is 46.5 Å². The van der Waals surface area contributed by atoms with Gasteiger partial charge in [-0.15, -0.1) is 6.58 Å². The number of phenolic OH excluding ortho intramolecular Hbond substituents is 1. The van der Waals surface area contributed by atoms with E-state index < -0.39 is 5.97 Å².